The molecule has 0 radical (unpaired) electrons. The number of carbonyl (C=O) groups excluding carboxylic acids is 1. The van der Waals surface area contributed by atoms with E-state index in [0.29, 0.717) is 22.9 Å². The van der Waals surface area contributed by atoms with E-state index in [1.165, 1.54) is 7.11 Å². The van der Waals surface area contributed by atoms with E-state index < -0.39 is 0 Å². The molecule has 1 rings (SSSR count). The summed E-state index contributed by atoms with van der Waals surface area (Å²) in [7, 11) is 1.51. The van der Waals surface area contributed by atoms with Crippen LogP contribution in [0.2, 0.25) is 10.0 Å². The Hall–Kier alpha value is -0.570. The van der Waals surface area contributed by atoms with Crippen LogP contribution < -0.4 is 0 Å². The van der Waals surface area contributed by atoms with Gasteiger partial charge in [-0.15, -0.1) is 0 Å². The highest BCUT2D eigenvalue weighted by atomic mass is 35.5. The fourth-order valence-electron chi connectivity index (χ4n) is 1.27. The van der Waals surface area contributed by atoms with Gasteiger partial charge in [0.2, 0.25) is 0 Å². The number of hydrogen-bond donors (Lipinski definition) is 0. The molecule has 1 aromatic carbocycles. The van der Waals surface area contributed by atoms with Crippen molar-refractivity contribution in [1.29, 1.82) is 0 Å². The molecule has 2 nitrogen and oxygen atoms in total. The minimum absolute atomic E-state index is 0.0774. The maximum absolute atomic E-state index is 11.2. The molecule has 0 bridgehead atoms. The van der Waals surface area contributed by atoms with Gasteiger partial charge in [-0.1, -0.05) is 23.2 Å². The SMILES string of the molecule is COCC(=O)CCc1cc(Cl)cc(Cl)c1. The third kappa shape index (κ3) is 4.65. The number of carbonyl (C=O) groups is 1. The molecular formula is C11H12Cl2O2. The lowest BCUT2D eigenvalue weighted by Gasteiger charge is -2.02. The van der Waals surface area contributed by atoms with Crippen LogP contribution in [0.15, 0.2) is 18.2 Å². The fourth-order valence-corrected chi connectivity index (χ4v) is 1.84. The Morgan fingerprint density at radius 1 is 1.27 bits per heavy atom. The molecule has 0 aliphatic rings. The van der Waals surface area contributed by atoms with Gasteiger partial charge in [0.25, 0.3) is 0 Å². The summed E-state index contributed by atoms with van der Waals surface area (Å²) >= 11 is 11.7. The lowest BCUT2D eigenvalue weighted by Crippen LogP contribution is -2.07. The minimum atomic E-state index is 0.0774. The van der Waals surface area contributed by atoms with E-state index in [0.717, 1.165) is 5.56 Å². The van der Waals surface area contributed by atoms with E-state index in [9.17, 15) is 4.79 Å². The predicted molar refractivity (Wildman–Crippen MR) is 61.7 cm³/mol. The summed E-state index contributed by atoms with van der Waals surface area (Å²) in [5.74, 6) is 0.0774. The molecule has 1 aromatic rings. The average Bonchev–Trinajstić information content (AvgIpc) is 2.14. The number of ether oxygens (including phenoxy) is 1. The molecule has 0 aromatic heterocycles. The topological polar surface area (TPSA) is 26.3 Å². The molecule has 0 atom stereocenters. The zero-order valence-corrected chi connectivity index (χ0v) is 9.94. The maximum atomic E-state index is 11.2. The van der Waals surface area contributed by atoms with Crippen molar-refractivity contribution >= 4 is 29.0 Å². The molecular weight excluding hydrogens is 235 g/mol. The van der Waals surface area contributed by atoms with Gasteiger partial charge in [0, 0.05) is 23.6 Å². The Morgan fingerprint density at radius 2 is 1.87 bits per heavy atom. The van der Waals surface area contributed by atoms with Gasteiger partial charge in [0.05, 0.1) is 0 Å². The standard InChI is InChI=1S/C11H12Cl2O2/c1-15-7-11(14)3-2-8-4-9(12)6-10(13)5-8/h4-6H,2-3,7H2,1H3. The second-order valence-electron chi connectivity index (χ2n) is 3.25. The number of Topliss-reactive ketones (excluding diaryl/α,β-unsaturated/α-hetero) is 1. The van der Waals surface area contributed by atoms with Gasteiger partial charge < -0.3 is 4.74 Å². The fraction of sp³-hybridized carbons (Fsp3) is 0.364. The van der Waals surface area contributed by atoms with Crippen molar-refractivity contribution in [1.82, 2.24) is 0 Å². The number of methoxy groups -OCH3 is 1. The van der Waals surface area contributed by atoms with E-state index in [-0.39, 0.29) is 12.4 Å². The van der Waals surface area contributed by atoms with Crippen LogP contribution in [0, 0.1) is 0 Å². The smallest absolute Gasteiger partial charge is 0.158 e. The molecule has 0 saturated carbocycles. The lowest BCUT2D eigenvalue weighted by molar-refractivity contribution is -0.122. The molecule has 0 heterocycles. The lowest BCUT2D eigenvalue weighted by atomic mass is 10.1. The number of rotatable bonds is 5. The van der Waals surface area contributed by atoms with Crippen molar-refractivity contribution in [3.63, 3.8) is 0 Å². The molecule has 15 heavy (non-hydrogen) atoms. The van der Waals surface area contributed by atoms with Gasteiger partial charge in [-0.3, -0.25) is 4.79 Å². The van der Waals surface area contributed by atoms with Gasteiger partial charge in [-0.05, 0) is 30.2 Å². The normalized spacial score (nSPS) is 10.3. The van der Waals surface area contributed by atoms with Crippen LogP contribution in [0.1, 0.15) is 12.0 Å². The Morgan fingerprint density at radius 3 is 2.40 bits per heavy atom. The number of hydrogen-bond acceptors (Lipinski definition) is 2. The molecule has 0 saturated heterocycles. The van der Waals surface area contributed by atoms with Crippen molar-refractivity contribution in [2.75, 3.05) is 13.7 Å². The van der Waals surface area contributed by atoms with Crippen LogP contribution in [0.25, 0.3) is 0 Å². The predicted octanol–water partition coefficient (Wildman–Crippen LogP) is 3.14. The van der Waals surface area contributed by atoms with Crippen LogP contribution in [-0.4, -0.2) is 19.5 Å². The van der Waals surface area contributed by atoms with Crippen LogP contribution in [-0.2, 0) is 16.0 Å². The molecule has 0 aliphatic heterocycles. The van der Waals surface area contributed by atoms with Gasteiger partial charge >= 0.3 is 0 Å². The van der Waals surface area contributed by atoms with Gasteiger partial charge in [0.1, 0.15) is 6.61 Å². The van der Waals surface area contributed by atoms with Crippen molar-refractivity contribution in [3.8, 4) is 0 Å². The highest BCUT2D eigenvalue weighted by Crippen LogP contribution is 2.19. The van der Waals surface area contributed by atoms with E-state index in [1.807, 2.05) is 12.1 Å². The van der Waals surface area contributed by atoms with Crippen molar-refractivity contribution in [3.05, 3.63) is 33.8 Å². The highest BCUT2D eigenvalue weighted by molar-refractivity contribution is 6.34. The highest BCUT2D eigenvalue weighted by Gasteiger charge is 2.03. The summed E-state index contributed by atoms with van der Waals surface area (Å²) in [6, 6.07) is 5.30. The first-order valence-corrected chi connectivity index (χ1v) is 5.33. The van der Waals surface area contributed by atoms with Crippen LogP contribution in [0.3, 0.4) is 0 Å². The molecule has 4 heteroatoms. The Balaban J connectivity index is 2.54. The summed E-state index contributed by atoms with van der Waals surface area (Å²) in [5, 5.41) is 1.19. The third-order valence-electron chi connectivity index (χ3n) is 1.92. The Kier molecular flexibility index (Phi) is 5.09. The van der Waals surface area contributed by atoms with Gasteiger partial charge in [-0.2, -0.15) is 0 Å². The quantitative estimate of drug-likeness (QED) is 0.798. The first-order chi connectivity index (χ1) is 7.11. The van der Waals surface area contributed by atoms with Crippen molar-refractivity contribution in [2.24, 2.45) is 0 Å². The van der Waals surface area contributed by atoms with E-state index in [2.05, 4.69) is 0 Å². The van der Waals surface area contributed by atoms with E-state index in [1.54, 1.807) is 6.07 Å². The first kappa shape index (κ1) is 12.5. The van der Waals surface area contributed by atoms with Crippen molar-refractivity contribution in [2.45, 2.75) is 12.8 Å². The van der Waals surface area contributed by atoms with Crippen molar-refractivity contribution < 1.29 is 9.53 Å². The second-order valence-corrected chi connectivity index (χ2v) is 4.12. The number of halogens is 2. The Bertz CT molecular complexity index is 330. The van der Waals surface area contributed by atoms with Crippen LogP contribution >= 0.6 is 23.2 Å². The summed E-state index contributed by atoms with van der Waals surface area (Å²) in [6.07, 6.45) is 1.09. The van der Waals surface area contributed by atoms with Crippen LogP contribution in [0.5, 0.6) is 0 Å². The second kappa shape index (κ2) is 6.11. The van der Waals surface area contributed by atoms with Gasteiger partial charge in [-0.25, -0.2) is 0 Å². The van der Waals surface area contributed by atoms with Gasteiger partial charge in [0.15, 0.2) is 5.78 Å². The summed E-state index contributed by atoms with van der Waals surface area (Å²) in [6.45, 7) is 0.161. The molecule has 0 fully saturated rings. The molecule has 0 spiro atoms. The summed E-state index contributed by atoms with van der Waals surface area (Å²) in [4.78, 5) is 11.2. The number of benzene rings is 1. The largest absolute Gasteiger partial charge is 0.377 e. The molecule has 0 N–H and O–H groups in total. The number of aryl methyl sites for hydroxylation is 1. The summed E-state index contributed by atoms with van der Waals surface area (Å²) in [5.41, 5.74) is 0.969. The summed E-state index contributed by atoms with van der Waals surface area (Å²) < 4.78 is 4.74. The monoisotopic (exact) mass is 246 g/mol. The van der Waals surface area contributed by atoms with E-state index in [4.69, 9.17) is 27.9 Å². The zero-order chi connectivity index (χ0) is 11.3. The third-order valence-corrected chi connectivity index (χ3v) is 2.36. The Labute approximate surface area is 99.1 Å². The number of ketones is 1. The zero-order valence-electron chi connectivity index (χ0n) is 8.43. The average molecular weight is 247 g/mol. The van der Waals surface area contributed by atoms with E-state index >= 15 is 0 Å². The minimum Gasteiger partial charge on any atom is -0.377 e. The maximum Gasteiger partial charge on any atom is 0.158 e. The molecule has 0 amide bonds. The molecule has 0 aliphatic carbocycles. The first-order valence-electron chi connectivity index (χ1n) is 4.57. The van der Waals surface area contributed by atoms with Crippen LogP contribution in [0.4, 0.5) is 0 Å². The molecule has 82 valence electrons. The molecule has 0 unspecified atom stereocenters.